The van der Waals surface area contributed by atoms with E-state index in [4.69, 9.17) is 0 Å². The number of likely N-dealkylation sites (N-methyl/N-ethyl adjacent to an activating group) is 1. The molecule has 0 bridgehead atoms. The second-order valence-electron chi connectivity index (χ2n) is 10.4. The lowest BCUT2D eigenvalue weighted by atomic mass is 9.98. The maximum absolute atomic E-state index is 14.1. The summed E-state index contributed by atoms with van der Waals surface area (Å²) in [4.78, 5) is 44.5. The van der Waals surface area contributed by atoms with E-state index in [9.17, 15) is 19.5 Å². The molecule has 11 nitrogen and oxygen atoms in total. The van der Waals surface area contributed by atoms with Gasteiger partial charge in [0.15, 0.2) is 0 Å². The average molecular weight is 570 g/mol. The zero-order valence-electron chi connectivity index (χ0n) is 22.6. The van der Waals surface area contributed by atoms with Gasteiger partial charge in [0.2, 0.25) is 11.8 Å². The highest BCUT2D eigenvalue weighted by molar-refractivity contribution is 5.92. The van der Waals surface area contributed by atoms with E-state index in [1.54, 1.807) is 57.3 Å². The van der Waals surface area contributed by atoms with E-state index in [0.29, 0.717) is 13.1 Å². The van der Waals surface area contributed by atoms with Gasteiger partial charge < -0.3 is 20.2 Å². The number of hydrogen-bond donors (Lipinski definition) is 3. The van der Waals surface area contributed by atoms with Crippen LogP contribution in [0.3, 0.4) is 0 Å². The third-order valence-electron chi connectivity index (χ3n) is 7.74. The summed E-state index contributed by atoms with van der Waals surface area (Å²) in [5.74, 6) is -0.302. The molecular formula is C31H35N7O4. The number of hydrogen-bond acceptors (Lipinski definition) is 6. The Bertz CT molecular complexity index is 1570. The number of rotatable bonds is 6. The fourth-order valence-electron chi connectivity index (χ4n) is 5.73. The minimum Gasteiger partial charge on any atom is -0.508 e. The lowest BCUT2D eigenvalue weighted by Crippen LogP contribution is -2.76. The van der Waals surface area contributed by atoms with Gasteiger partial charge in [-0.15, -0.1) is 0 Å². The van der Waals surface area contributed by atoms with Crippen LogP contribution >= 0.6 is 0 Å². The number of amides is 4. The van der Waals surface area contributed by atoms with Gasteiger partial charge in [-0.05, 0) is 34.9 Å². The number of nitrogens with one attached hydrogen (secondary N) is 2. The smallest absolute Gasteiger partial charge is 0.334 e. The second kappa shape index (κ2) is 11.9. The van der Waals surface area contributed by atoms with E-state index < -0.39 is 12.2 Å². The van der Waals surface area contributed by atoms with Crippen molar-refractivity contribution in [2.24, 2.45) is 0 Å². The summed E-state index contributed by atoms with van der Waals surface area (Å²) in [6, 6.07) is 20.8. The maximum atomic E-state index is 14.1. The molecule has 1 aromatic heterocycles. The average Bonchev–Trinajstić information content (AvgIpc) is 3.46. The first-order valence-corrected chi connectivity index (χ1v) is 13.5. The third-order valence-corrected chi connectivity index (χ3v) is 7.74. The van der Waals surface area contributed by atoms with Crippen molar-refractivity contribution in [3.63, 3.8) is 0 Å². The molecule has 2 aliphatic heterocycles. The molecule has 11 heteroatoms. The molecule has 4 aromatic rings. The van der Waals surface area contributed by atoms with Crippen molar-refractivity contribution < 1.29 is 19.5 Å². The molecule has 2 atom stereocenters. The second-order valence-corrected chi connectivity index (χ2v) is 10.4. The Kier molecular flexibility index (Phi) is 8.12. The molecule has 0 radical (unpaired) electrons. The number of aromatic hydroxyl groups is 1. The molecule has 3 N–H and O–H groups in total. The maximum Gasteiger partial charge on any atom is 0.334 e. The van der Waals surface area contributed by atoms with Gasteiger partial charge in [0.05, 0.1) is 24.8 Å². The lowest BCUT2D eigenvalue weighted by Gasteiger charge is -2.54. The standard InChI is InChI=1S/C30H31N7O4.CH4/c1-34-19-28(39)36-26(14-20-10-12-23(38)13-11-20)29(40)35(17-22-8-5-9-25-24(22)16-32-33-25)18-27(36)37(34)30(41)31-15-21-6-3-2-4-7-21;/h2-13,16,26-27,38H,14-15,17-19H2,1H3,(H,31,41)(H,32,33);1H4/t26-,27-;/m0./s1. The quantitative estimate of drug-likeness (QED) is 0.328. The molecule has 2 fully saturated rings. The highest BCUT2D eigenvalue weighted by Crippen LogP contribution is 2.30. The van der Waals surface area contributed by atoms with Crippen molar-refractivity contribution >= 4 is 28.7 Å². The minimum atomic E-state index is -0.826. The van der Waals surface area contributed by atoms with Crippen LogP contribution in [-0.2, 0) is 29.1 Å². The van der Waals surface area contributed by atoms with Crippen LogP contribution in [0.2, 0.25) is 0 Å². The number of carbonyl (C=O) groups is 3. The van der Waals surface area contributed by atoms with Crippen molar-refractivity contribution in [3.8, 4) is 5.75 Å². The first-order valence-electron chi connectivity index (χ1n) is 13.5. The molecule has 3 heterocycles. The molecule has 6 rings (SSSR count). The van der Waals surface area contributed by atoms with Crippen LogP contribution in [0.15, 0.2) is 79.0 Å². The molecule has 0 spiro atoms. The fraction of sp³-hybridized carbons (Fsp3) is 0.290. The normalized spacial score (nSPS) is 19.0. The molecule has 3 aromatic carbocycles. The monoisotopic (exact) mass is 569 g/mol. The molecule has 4 amide bonds. The first-order chi connectivity index (χ1) is 19.9. The van der Waals surface area contributed by atoms with Gasteiger partial charge in [0, 0.05) is 31.9 Å². The van der Waals surface area contributed by atoms with E-state index in [1.165, 1.54) is 0 Å². The first kappa shape index (κ1) is 28.6. The molecule has 0 unspecified atom stereocenters. The Hall–Kier alpha value is -4.90. The van der Waals surface area contributed by atoms with E-state index >= 15 is 0 Å². The topological polar surface area (TPSA) is 125 Å². The highest BCUT2D eigenvalue weighted by atomic mass is 16.3. The summed E-state index contributed by atoms with van der Waals surface area (Å²) >= 11 is 0. The van der Waals surface area contributed by atoms with Crippen molar-refractivity contribution in [2.45, 2.75) is 39.1 Å². The molecule has 0 aliphatic carbocycles. The van der Waals surface area contributed by atoms with E-state index in [2.05, 4.69) is 15.5 Å². The highest BCUT2D eigenvalue weighted by Gasteiger charge is 2.50. The van der Waals surface area contributed by atoms with Gasteiger partial charge >= 0.3 is 6.03 Å². The van der Waals surface area contributed by atoms with Crippen LogP contribution in [0.5, 0.6) is 5.75 Å². The Morgan fingerprint density at radius 1 is 1.02 bits per heavy atom. The summed E-state index contributed by atoms with van der Waals surface area (Å²) in [5, 5.41) is 23.9. The van der Waals surface area contributed by atoms with E-state index in [-0.39, 0.29) is 50.5 Å². The molecule has 0 saturated carbocycles. The van der Waals surface area contributed by atoms with Crippen LogP contribution in [0.25, 0.3) is 10.9 Å². The van der Waals surface area contributed by atoms with Crippen molar-refractivity contribution in [1.29, 1.82) is 0 Å². The number of urea groups is 1. The zero-order chi connectivity index (χ0) is 28.5. The van der Waals surface area contributed by atoms with Crippen LogP contribution in [-0.4, -0.2) is 85.3 Å². The van der Waals surface area contributed by atoms with Crippen molar-refractivity contribution in [2.75, 3.05) is 20.1 Å². The number of piperazine rings is 1. The van der Waals surface area contributed by atoms with Gasteiger partial charge in [-0.3, -0.25) is 14.7 Å². The van der Waals surface area contributed by atoms with Gasteiger partial charge in [0.25, 0.3) is 0 Å². The predicted molar refractivity (Wildman–Crippen MR) is 158 cm³/mol. The van der Waals surface area contributed by atoms with Crippen molar-refractivity contribution in [3.05, 3.63) is 95.7 Å². The fourth-order valence-corrected chi connectivity index (χ4v) is 5.73. The number of H-pyrrole nitrogens is 1. The zero-order valence-corrected chi connectivity index (χ0v) is 22.6. The number of benzene rings is 3. The molecule has 2 aliphatic rings. The Labute approximate surface area is 244 Å². The minimum absolute atomic E-state index is 0. The number of nitrogens with zero attached hydrogens (tertiary/aromatic N) is 5. The van der Waals surface area contributed by atoms with E-state index in [0.717, 1.165) is 27.6 Å². The summed E-state index contributed by atoms with van der Waals surface area (Å²) < 4.78 is 0. The third kappa shape index (κ3) is 5.51. The van der Waals surface area contributed by atoms with Gasteiger partial charge in [-0.1, -0.05) is 62.0 Å². The lowest BCUT2D eigenvalue weighted by molar-refractivity contribution is -0.187. The number of aromatic amines is 1. The Balaban J connectivity index is 0.00000353. The molecule has 218 valence electrons. The Morgan fingerprint density at radius 2 is 1.79 bits per heavy atom. The van der Waals surface area contributed by atoms with Crippen molar-refractivity contribution in [1.82, 2.24) is 35.3 Å². The van der Waals surface area contributed by atoms with E-state index in [1.807, 2.05) is 48.5 Å². The summed E-state index contributed by atoms with van der Waals surface area (Å²) in [6.45, 7) is 0.729. The predicted octanol–water partition coefficient (Wildman–Crippen LogP) is 3.08. The number of aromatic nitrogens is 2. The van der Waals surface area contributed by atoms with Gasteiger partial charge in [-0.2, -0.15) is 5.10 Å². The number of phenols is 1. The van der Waals surface area contributed by atoms with Crippen LogP contribution in [0.1, 0.15) is 24.1 Å². The number of fused-ring (bicyclic) bond motifs is 2. The van der Waals surface area contributed by atoms with Crippen LogP contribution < -0.4 is 5.32 Å². The largest absolute Gasteiger partial charge is 0.508 e. The number of phenolic OH excluding ortho intramolecular Hbond substituents is 1. The SMILES string of the molecule is C.CN1CC(=O)N2[C@@H](Cc3ccc(O)cc3)C(=O)N(Cc3cccc4[nH]ncc34)C[C@@H]2N1C(=O)NCc1ccccc1. The number of carbonyl (C=O) groups excluding carboxylic acids is 3. The van der Waals surface area contributed by atoms with Crippen LogP contribution in [0, 0.1) is 0 Å². The molecular weight excluding hydrogens is 534 g/mol. The molecule has 42 heavy (non-hydrogen) atoms. The summed E-state index contributed by atoms with van der Waals surface area (Å²) in [6.07, 6.45) is 1.28. The number of hydrazine groups is 1. The molecule has 2 saturated heterocycles. The Morgan fingerprint density at radius 3 is 2.55 bits per heavy atom. The summed E-state index contributed by atoms with van der Waals surface area (Å²) in [7, 11) is 1.71. The van der Waals surface area contributed by atoms with Gasteiger partial charge in [-0.25, -0.2) is 14.8 Å². The van der Waals surface area contributed by atoms with Gasteiger partial charge in [0.1, 0.15) is 18.0 Å². The summed E-state index contributed by atoms with van der Waals surface area (Å²) in [5.41, 5.74) is 3.53. The van der Waals surface area contributed by atoms with Crippen LogP contribution in [0.4, 0.5) is 4.79 Å².